The number of nitrogens with zero attached hydrogens (tertiary/aromatic N) is 3. The molecule has 0 unspecified atom stereocenters. The Morgan fingerprint density at radius 3 is 2.38 bits per heavy atom. The Morgan fingerprint density at radius 2 is 1.69 bits per heavy atom. The highest BCUT2D eigenvalue weighted by atomic mass is 16.1. The van der Waals surface area contributed by atoms with Gasteiger partial charge in [-0.15, -0.1) is 0 Å². The van der Waals surface area contributed by atoms with E-state index in [-0.39, 0.29) is 11.3 Å². The Hall–Kier alpha value is -3.80. The van der Waals surface area contributed by atoms with Crippen molar-refractivity contribution in [1.82, 2.24) is 15.0 Å². The molecular weight excluding hydrogens is 398 g/mol. The average Bonchev–Trinajstić information content (AvgIpc) is 2.79. The van der Waals surface area contributed by atoms with Gasteiger partial charge in [-0.2, -0.15) is 4.98 Å². The number of pyridine rings is 1. The van der Waals surface area contributed by atoms with Crippen LogP contribution in [-0.2, 0) is 5.41 Å². The van der Waals surface area contributed by atoms with Crippen LogP contribution < -0.4 is 10.6 Å². The summed E-state index contributed by atoms with van der Waals surface area (Å²) in [6.45, 7) is 8.51. The van der Waals surface area contributed by atoms with Crippen molar-refractivity contribution in [3.8, 4) is 11.1 Å². The van der Waals surface area contributed by atoms with Crippen LogP contribution in [0, 0.1) is 6.92 Å². The maximum Gasteiger partial charge on any atom is 0.255 e. The molecule has 6 heteroatoms. The molecule has 1 amide bonds. The number of rotatable bonds is 4. The first-order valence-electron chi connectivity index (χ1n) is 10.6. The van der Waals surface area contributed by atoms with Gasteiger partial charge in [0.1, 0.15) is 0 Å². The molecule has 32 heavy (non-hydrogen) atoms. The maximum absolute atomic E-state index is 12.8. The van der Waals surface area contributed by atoms with Crippen molar-refractivity contribution in [2.24, 2.45) is 0 Å². The Kier molecular flexibility index (Phi) is 5.61. The van der Waals surface area contributed by atoms with Gasteiger partial charge in [-0.25, -0.2) is 9.97 Å². The molecule has 0 radical (unpaired) electrons. The second-order valence-corrected chi connectivity index (χ2v) is 8.89. The third-order valence-corrected chi connectivity index (χ3v) is 5.48. The van der Waals surface area contributed by atoms with E-state index in [4.69, 9.17) is 0 Å². The smallest absolute Gasteiger partial charge is 0.255 e. The highest BCUT2D eigenvalue weighted by Gasteiger charge is 2.15. The van der Waals surface area contributed by atoms with E-state index in [1.54, 1.807) is 19.4 Å². The fourth-order valence-electron chi connectivity index (χ4n) is 3.53. The maximum atomic E-state index is 12.8. The molecule has 0 bridgehead atoms. The minimum Gasteiger partial charge on any atom is -0.357 e. The van der Waals surface area contributed by atoms with Crippen LogP contribution in [0.25, 0.3) is 22.2 Å². The summed E-state index contributed by atoms with van der Waals surface area (Å²) in [7, 11) is 1.78. The first kappa shape index (κ1) is 21.4. The number of aromatic nitrogens is 3. The van der Waals surface area contributed by atoms with E-state index < -0.39 is 0 Å². The molecule has 0 aliphatic carbocycles. The number of aryl methyl sites for hydroxylation is 1. The first-order valence-corrected chi connectivity index (χ1v) is 10.6. The van der Waals surface area contributed by atoms with Crippen LogP contribution in [0.3, 0.4) is 0 Å². The average molecular weight is 426 g/mol. The van der Waals surface area contributed by atoms with Crippen LogP contribution in [0.5, 0.6) is 0 Å². The summed E-state index contributed by atoms with van der Waals surface area (Å²) in [6, 6.07) is 15.7. The van der Waals surface area contributed by atoms with Crippen molar-refractivity contribution in [2.75, 3.05) is 17.7 Å². The Bertz CT molecular complexity index is 1290. The second kappa shape index (κ2) is 8.38. The predicted molar refractivity (Wildman–Crippen MR) is 130 cm³/mol. The molecular formula is C26H27N5O. The van der Waals surface area contributed by atoms with Crippen molar-refractivity contribution in [3.63, 3.8) is 0 Å². The van der Waals surface area contributed by atoms with Gasteiger partial charge in [0.2, 0.25) is 5.95 Å². The number of anilines is 2. The SMILES string of the molecule is CNc1ncc2cc(-c3cc(NC(=O)c4ccc(C(C)(C)C)cc4)ccc3C)cnc2n1. The van der Waals surface area contributed by atoms with Crippen LogP contribution in [0.2, 0.25) is 0 Å². The summed E-state index contributed by atoms with van der Waals surface area (Å²) >= 11 is 0. The lowest BCUT2D eigenvalue weighted by Gasteiger charge is -2.19. The molecule has 6 nitrogen and oxygen atoms in total. The third-order valence-electron chi connectivity index (χ3n) is 5.48. The first-order chi connectivity index (χ1) is 15.2. The van der Waals surface area contributed by atoms with Gasteiger partial charge in [-0.1, -0.05) is 39.0 Å². The number of carbonyl (C=O) groups is 1. The highest BCUT2D eigenvalue weighted by Crippen LogP contribution is 2.28. The fraction of sp³-hybridized carbons (Fsp3) is 0.231. The molecule has 4 aromatic rings. The van der Waals surface area contributed by atoms with Crippen LogP contribution in [-0.4, -0.2) is 27.9 Å². The molecule has 0 spiro atoms. The highest BCUT2D eigenvalue weighted by molar-refractivity contribution is 6.04. The van der Waals surface area contributed by atoms with Gasteiger partial charge in [-0.3, -0.25) is 4.79 Å². The van der Waals surface area contributed by atoms with Gasteiger partial charge in [0.25, 0.3) is 5.91 Å². The normalized spacial score (nSPS) is 11.4. The lowest BCUT2D eigenvalue weighted by atomic mass is 9.87. The van der Waals surface area contributed by atoms with Crippen molar-refractivity contribution in [3.05, 3.63) is 77.6 Å². The number of hydrogen-bond acceptors (Lipinski definition) is 5. The summed E-state index contributed by atoms with van der Waals surface area (Å²) in [6.07, 6.45) is 3.56. The molecule has 2 aromatic heterocycles. The molecule has 2 heterocycles. The van der Waals surface area contributed by atoms with Crippen molar-refractivity contribution in [2.45, 2.75) is 33.1 Å². The molecule has 2 aromatic carbocycles. The van der Waals surface area contributed by atoms with E-state index in [1.807, 2.05) is 55.5 Å². The molecule has 0 fully saturated rings. The minimum atomic E-state index is -0.134. The molecule has 0 atom stereocenters. The molecule has 2 N–H and O–H groups in total. The van der Waals surface area contributed by atoms with Crippen molar-refractivity contribution in [1.29, 1.82) is 0 Å². The molecule has 162 valence electrons. The summed E-state index contributed by atoms with van der Waals surface area (Å²) in [5.41, 5.74) is 6.28. The Morgan fingerprint density at radius 1 is 0.938 bits per heavy atom. The number of amides is 1. The molecule has 0 saturated heterocycles. The molecule has 0 aliphatic rings. The van der Waals surface area contributed by atoms with E-state index in [0.717, 1.165) is 27.8 Å². The summed E-state index contributed by atoms with van der Waals surface area (Å²) in [5, 5.41) is 6.79. The summed E-state index contributed by atoms with van der Waals surface area (Å²) in [5.74, 6) is 0.402. The van der Waals surface area contributed by atoms with Crippen LogP contribution in [0.15, 0.2) is 60.9 Å². The zero-order chi connectivity index (χ0) is 22.9. The topological polar surface area (TPSA) is 79.8 Å². The van der Waals surface area contributed by atoms with Gasteiger partial charge in [0.15, 0.2) is 5.65 Å². The minimum absolute atomic E-state index is 0.0500. The van der Waals surface area contributed by atoms with Crippen LogP contribution >= 0.6 is 0 Å². The van der Waals surface area contributed by atoms with E-state index in [9.17, 15) is 4.79 Å². The Balaban J connectivity index is 1.60. The van der Waals surface area contributed by atoms with Gasteiger partial charge in [-0.05, 0) is 59.4 Å². The molecule has 0 aliphatic heterocycles. The number of carbonyl (C=O) groups excluding carboxylic acids is 1. The number of hydrogen-bond donors (Lipinski definition) is 2. The zero-order valence-corrected chi connectivity index (χ0v) is 19.0. The standard InChI is InChI=1S/C26H27N5O/c1-16-6-11-21(30-24(32)17-7-9-20(10-8-17)26(2,3)4)13-22(16)18-12-19-15-29-25(27-5)31-23(19)28-14-18/h6-15H,1-5H3,(H,30,32)(H,27,28,29,31). The van der Waals surface area contributed by atoms with Crippen LogP contribution in [0.1, 0.15) is 42.3 Å². The van der Waals surface area contributed by atoms with E-state index in [2.05, 4.69) is 46.4 Å². The quantitative estimate of drug-likeness (QED) is 0.445. The van der Waals surface area contributed by atoms with Crippen molar-refractivity contribution < 1.29 is 4.79 Å². The zero-order valence-electron chi connectivity index (χ0n) is 19.0. The largest absolute Gasteiger partial charge is 0.357 e. The number of nitrogens with one attached hydrogen (secondary N) is 2. The van der Waals surface area contributed by atoms with E-state index in [0.29, 0.717) is 17.2 Å². The Labute approximate surface area is 188 Å². The lowest BCUT2D eigenvalue weighted by Crippen LogP contribution is -2.14. The molecule has 4 rings (SSSR count). The van der Waals surface area contributed by atoms with Gasteiger partial charge < -0.3 is 10.6 Å². The monoisotopic (exact) mass is 425 g/mol. The number of benzene rings is 2. The second-order valence-electron chi connectivity index (χ2n) is 8.89. The predicted octanol–water partition coefficient (Wildman–Crippen LogP) is 5.59. The van der Waals surface area contributed by atoms with Gasteiger partial charge in [0.05, 0.1) is 0 Å². The van der Waals surface area contributed by atoms with Gasteiger partial charge >= 0.3 is 0 Å². The fourth-order valence-corrected chi connectivity index (χ4v) is 3.53. The summed E-state index contributed by atoms with van der Waals surface area (Å²) in [4.78, 5) is 25.9. The van der Waals surface area contributed by atoms with Crippen LogP contribution in [0.4, 0.5) is 11.6 Å². The van der Waals surface area contributed by atoms with E-state index in [1.165, 1.54) is 5.56 Å². The third kappa shape index (κ3) is 4.44. The number of fused-ring (bicyclic) bond motifs is 1. The van der Waals surface area contributed by atoms with Gasteiger partial charge in [0, 0.05) is 41.6 Å². The molecule has 0 saturated carbocycles. The van der Waals surface area contributed by atoms with E-state index >= 15 is 0 Å². The summed E-state index contributed by atoms with van der Waals surface area (Å²) < 4.78 is 0. The van der Waals surface area contributed by atoms with Crippen molar-refractivity contribution >= 4 is 28.6 Å². The lowest BCUT2D eigenvalue weighted by molar-refractivity contribution is 0.102.